The Morgan fingerprint density at radius 1 is 0.862 bits per heavy atom. The van der Waals surface area contributed by atoms with Crippen LogP contribution in [0.2, 0.25) is 0 Å². The molecular weight excluding hydrogens is 362 g/mol. The maximum atomic E-state index is 5.83. The Bertz CT molecular complexity index is 1050. The molecular formula is C23H21N5O. The lowest BCUT2D eigenvalue weighted by Gasteiger charge is -2.11. The van der Waals surface area contributed by atoms with Crippen molar-refractivity contribution >= 4 is 17.5 Å². The molecule has 2 N–H and O–H groups in total. The number of rotatable bonds is 7. The van der Waals surface area contributed by atoms with Crippen LogP contribution in [0.4, 0.5) is 17.5 Å². The molecule has 0 saturated heterocycles. The Morgan fingerprint density at radius 3 is 2.41 bits per heavy atom. The van der Waals surface area contributed by atoms with Crippen molar-refractivity contribution in [2.24, 2.45) is 0 Å². The highest BCUT2D eigenvalue weighted by Gasteiger charge is 2.04. The van der Waals surface area contributed by atoms with Gasteiger partial charge in [0.05, 0.1) is 0 Å². The third-order valence-electron chi connectivity index (χ3n) is 4.13. The molecule has 0 aliphatic carbocycles. The van der Waals surface area contributed by atoms with Crippen LogP contribution in [0, 0.1) is 6.92 Å². The lowest BCUT2D eigenvalue weighted by molar-refractivity contribution is 0.483. The van der Waals surface area contributed by atoms with Gasteiger partial charge in [-0.1, -0.05) is 24.3 Å². The van der Waals surface area contributed by atoms with E-state index in [1.54, 1.807) is 6.20 Å². The largest absolute Gasteiger partial charge is 0.457 e. The fourth-order valence-corrected chi connectivity index (χ4v) is 2.77. The van der Waals surface area contributed by atoms with Crippen LogP contribution in [-0.4, -0.2) is 15.0 Å². The van der Waals surface area contributed by atoms with Crippen LogP contribution in [-0.2, 0) is 6.54 Å². The van der Waals surface area contributed by atoms with E-state index in [9.17, 15) is 0 Å². The minimum atomic E-state index is 0.570. The summed E-state index contributed by atoms with van der Waals surface area (Å²) in [5, 5.41) is 6.56. The monoisotopic (exact) mass is 383 g/mol. The zero-order chi connectivity index (χ0) is 19.9. The van der Waals surface area contributed by atoms with Crippen molar-refractivity contribution in [3.63, 3.8) is 0 Å². The van der Waals surface area contributed by atoms with Gasteiger partial charge in [-0.05, 0) is 55.0 Å². The Kier molecular flexibility index (Phi) is 5.62. The van der Waals surface area contributed by atoms with E-state index >= 15 is 0 Å². The summed E-state index contributed by atoms with van der Waals surface area (Å²) in [4.78, 5) is 13.1. The van der Waals surface area contributed by atoms with E-state index in [2.05, 4.69) is 25.6 Å². The van der Waals surface area contributed by atoms with Gasteiger partial charge in [0, 0.05) is 36.4 Å². The van der Waals surface area contributed by atoms with Gasteiger partial charge in [0.15, 0.2) is 0 Å². The second-order valence-corrected chi connectivity index (χ2v) is 6.50. The molecule has 6 nitrogen and oxygen atoms in total. The molecule has 4 rings (SSSR count). The number of ether oxygens (including phenoxy) is 1. The van der Waals surface area contributed by atoms with Crippen LogP contribution in [0.3, 0.4) is 0 Å². The highest BCUT2D eigenvalue weighted by molar-refractivity contribution is 5.58. The Morgan fingerprint density at radius 2 is 1.66 bits per heavy atom. The van der Waals surface area contributed by atoms with Crippen molar-refractivity contribution in [2.75, 3.05) is 10.6 Å². The van der Waals surface area contributed by atoms with Crippen molar-refractivity contribution < 1.29 is 4.74 Å². The molecule has 144 valence electrons. The normalized spacial score (nSPS) is 10.4. The number of anilines is 3. The van der Waals surface area contributed by atoms with Crippen LogP contribution in [0.5, 0.6) is 11.5 Å². The third-order valence-corrected chi connectivity index (χ3v) is 4.13. The van der Waals surface area contributed by atoms with E-state index in [4.69, 9.17) is 4.74 Å². The van der Waals surface area contributed by atoms with Gasteiger partial charge < -0.3 is 15.4 Å². The standard InChI is InChI=1S/C23H21N5O/c1-17-14-22(28-23(26-17)25-16-18-6-5-13-24-15-18)27-19-9-11-21(12-10-19)29-20-7-3-2-4-8-20/h2-15H,16H2,1H3,(H2,25,26,27,28). The molecule has 2 heterocycles. The fraction of sp³-hybridized carbons (Fsp3) is 0.0870. The van der Waals surface area contributed by atoms with Crippen molar-refractivity contribution in [3.8, 4) is 11.5 Å². The molecule has 0 unspecified atom stereocenters. The number of nitrogens with zero attached hydrogens (tertiary/aromatic N) is 3. The number of benzene rings is 2. The summed E-state index contributed by atoms with van der Waals surface area (Å²) in [6.07, 6.45) is 3.58. The predicted molar refractivity (Wildman–Crippen MR) is 115 cm³/mol. The topological polar surface area (TPSA) is 72.0 Å². The summed E-state index contributed by atoms with van der Waals surface area (Å²) in [7, 11) is 0. The van der Waals surface area contributed by atoms with Gasteiger partial charge in [0.2, 0.25) is 5.95 Å². The van der Waals surface area contributed by atoms with E-state index in [0.29, 0.717) is 12.5 Å². The quantitative estimate of drug-likeness (QED) is 0.449. The second-order valence-electron chi connectivity index (χ2n) is 6.50. The average molecular weight is 383 g/mol. The molecule has 6 heteroatoms. The molecule has 0 atom stereocenters. The predicted octanol–water partition coefficient (Wildman–Crippen LogP) is 5.33. The molecule has 0 aliphatic rings. The molecule has 2 aromatic carbocycles. The fourth-order valence-electron chi connectivity index (χ4n) is 2.77. The molecule has 0 spiro atoms. The highest BCUT2D eigenvalue weighted by atomic mass is 16.5. The van der Waals surface area contributed by atoms with Gasteiger partial charge in [-0.3, -0.25) is 4.98 Å². The summed E-state index contributed by atoms with van der Waals surface area (Å²) in [5.74, 6) is 2.88. The van der Waals surface area contributed by atoms with E-state index < -0.39 is 0 Å². The van der Waals surface area contributed by atoms with Gasteiger partial charge in [0.25, 0.3) is 0 Å². The lowest BCUT2D eigenvalue weighted by Crippen LogP contribution is -2.06. The Hall–Kier alpha value is -3.93. The van der Waals surface area contributed by atoms with Crippen LogP contribution in [0.25, 0.3) is 0 Å². The minimum Gasteiger partial charge on any atom is -0.457 e. The molecule has 0 amide bonds. The van der Waals surface area contributed by atoms with Crippen molar-refractivity contribution in [1.82, 2.24) is 15.0 Å². The summed E-state index contributed by atoms with van der Waals surface area (Å²) in [6.45, 7) is 2.56. The van der Waals surface area contributed by atoms with E-state index in [0.717, 1.165) is 34.3 Å². The van der Waals surface area contributed by atoms with E-state index in [-0.39, 0.29) is 0 Å². The van der Waals surface area contributed by atoms with Gasteiger partial charge in [0.1, 0.15) is 17.3 Å². The van der Waals surface area contributed by atoms with Gasteiger partial charge >= 0.3 is 0 Å². The van der Waals surface area contributed by atoms with Gasteiger partial charge in [-0.2, -0.15) is 4.98 Å². The number of para-hydroxylation sites is 1. The first-order chi connectivity index (χ1) is 14.2. The summed E-state index contributed by atoms with van der Waals surface area (Å²) in [6, 6.07) is 23.3. The number of pyridine rings is 1. The molecule has 29 heavy (non-hydrogen) atoms. The first-order valence-electron chi connectivity index (χ1n) is 9.33. The third kappa shape index (κ3) is 5.29. The van der Waals surface area contributed by atoms with E-state index in [1.807, 2.05) is 85.9 Å². The zero-order valence-corrected chi connectivity index (χ0v) is 16.0. The van der Waals surface area contributed by atoms with Crippen molar-refractivity contribution in [3.05, 3.63) is 96.4 Å². The molecule has 0 bridgehead atoms. The van der Waals surface area contributed by atoms with Crippen LogP contribution in [0.1, 0.15) is 11.3 Å². The number of aryl methyl sites for hydroxylation is 1. The average Bonchev–Trinajstić information content (AvgIpc) is 2.75. The van der Waals surface area contributed by atoms with Crippen molar-refractivity contribution in [2.45, 2.75) is 13.5 Å². The zero-order valence-electron chi connectivity index (χ0n) is 16.0. The number of hydrogen-bond acceptors (Lipinski definition) is 6. The SMILES string of the molecule is Cc1cc(Nc2ccc(Oc3ccccc3)cc2)nc(NCc2cccnc2)n1. The molecule has 0 aliphatic heterocycles. The first kappa shape index (κ1) is 18.4. The maximum Gasteiger partial charge on any atom is 0.225 e. The molecule has 0 saturated carbocycles. The van der Waals surface area contributed by atoms with Crippen molar-refractivity contribution in [1.29, 1.82) is 0 Å². The maximum absolute atomic E-state index is 5.83. The first-order valence-corrected chi connectivity index (χ1v) is 9.33. The smallest absolute Gasteiger partial charge is 0.225 e. The minimum absolute atomic E-state index is 0.570. The summed E-state index contributed by atoms with van der Waals surface area (Å²) >= 11 is 0. The van der Waals surface area contributed by atoms with E-state index in [1.165, 1.54) is 0 Å². The Labute approximate surface area is 169 Å². The van der Waals surface area contributed by atoms with Crippen LogP contribution >= 0.6 is 0 Å². The van der Waals surface area contributed by atoms with Crippen LogP contribution in [0.15, 0.2) is 85.2 Å². The summed E-state index contributed by atoms with van der Waals surface area (Å²) in [5.41, 5.74) is 2.86. The lowest BCUT2D eigenvalue weighted by atomic mass is 10.3. The number of nitrogens with one attached hydrogen (secondary N) is 2. The van der Waals surface area contributed by atoms with Gasteiger partial charge in [-0.25, -0.2) is 4.98 Å². The number of hydrogen-bond donors (Lipinski definition) is 2. The van der Waals surface area contributed by atoms with Gasteiger partial charge in [-0.15, -0.1) is 0 Å². The molecule has 2 aromatic heterocycles. The number of aromatic nitrogens is 3. The highest BCUT2D eigenvalue weighted by Crippen LogP contribution is 2.24. The molecule has 4 aromatic rings. The van der Waals surface area contributed by atoms with Crippen LogP contribution < -0.4 is 15.4 Å². The summed E-state index contributed by atoms with van der Waals surface area (Å²) < 4.78 is 5.83. The molecule has 0 radical (unpaired) electrons. The second kappa shape index (κ2) is 8.84. The molecule has 0 fully saturated rings. The Balaban J connectivity index is 1.41.